The summed E-state index contributed by atoms with van der Waals surface area (Å²) in [5.41, 5.74) is 7.24. The fourth-order valence-electron chi connectivity index (χ4n) is 1.08. The number of Topliss-reactive ketones (excluding diaryl/α,β-unsaturated/α-hetero) is 1. The minimum absolute atomic E-state index is 0.0612. The number of rotatable bonds is 3. The maximum absolute atomic E-state index is 11.0. The van der Waals surface area contributed by atoms with Crippen molar-refractivity contribution in [3.8, 4) is 0 Å². The Morgan fingerprint density at radius 1 is 1.38 bits per heavy atom. The first-order chi connectivity index (χ1) is 6.13. The zero-order valence-corrected chi connectivity index (χ0v) is 7.66. The minimum atomic E-state index is -0.581. The predicted molar refractivity (Wildman–Crippen MR) is 54.1 cm³/mol. The molecule has 13 heavy (non-hydrogen) atoms. The van der Waals surface area contributed by atoms with E-state index in [1.807, 2.05) is 30.3 Å². The summed E-state index contributed by atoms with van der Waals surface area (Å²) >= 11 is 0. The lowest BCUT2D eigenvalue weighted by Crippen LogP contribution is -2.29. The van der Waals surface area contributed by atoms with Crippen LogP contribution in [-0.4, -0.2) is 11.8 Å². The summed E-state index contributed by atoms with van der Waals surface area (Å²) in [6.45, 7) is 5.27. The van der Waals surface area contributed by atoms with Crippen LogP contribution in [0.2, 0.25) is 0 Å². The van der Waals surface area contributed by atoms with Crippen molar-refractivity contribution < 1.29 is 4.79 Å². The first-order valence-electron chi connectivity index (χ1n) is 4.13. The van der Waals surface area contributed by atoms with Gasteiger partial charge in [-0.1, -0.05) is 36.9 Å². The van der Waals surface area contributed by atoms with E-state index in [4.69, 9.17) is 5.73 Å². The van der Waals surface area contributed by atoms with Crippen LogP contribution >= 0.6 is 0 Å². The molecule has 1 atom stereocenters. The normalized spacial score (nSPS) is 12.2. The molecule has 0 amide bonds. The molecule has 0 saturated carbocycles. The largest absolute Gasteiger partial charge is 0.318 e. The molecule has 1 unspecified atom stereocenters. The summed E-state index contributed by atoms with van der Waals surface area (Å²) in [5, 5.41) is 0. The molecule has 0 aromatic heterocycles. The van der Waals surface area contributed by atoms with Crippen molar-refractivity contribution >= 4 is 11.4 Å². The molecule has 0 spiro atoms. The molecule has 68 valence electrons. The van der Waals surface area contributed by atoms with E-state index in [1.165, 1.54) is 6.92 Å². The van der Waals surface area contributed by atoms with Gasteiger partial charge < -0.3 is 5.73 Å². The Balaban J connectivity index is 2.86. The van der Waals surface area contributed by atoms with Gasteiger partial charge in [0.15, 0.2) is 5.78 Å². The van der Waals surface area contributed by atoms with Gasteiger partial charge in [-0.3, -0.25) is 4.79 Å². The van der Waals surface area contributed by atoms with Gasteiger partial charge in [0.25, 0.3) is 0 Å². The number of carbonyl (C=O) groups excluding carboxylic acids is 1. The molecule has 1 aromatic rings. The fraction of sp³-hybridized carbons (Fsp3) is 0.182. The first kappa shape index (κ1) is 9.68. The molecule has 0 heterocycles. The highest BCUT2D eigenvalue weighted by Crippen LogP contribution is 2.14. The van der Waals surface area contributed by atoms with Crippen molar-refractivity contribution in [3.63, 3.8) is 0 Å². The lowest BCUT2D eigenvalue weighted by molar-refractivity contribution is -0.117. The fourth-order valence-corrected chi connectivity index (χ4v) is 1.08. The number of hydrogen-bond acceptors (Lipinski definition) is 2. The zero-order chi connectivity index (χ0) is 9.84. The number of nitrogens with two attached hydrogens (primary N) is 1. The van der Waals surface area contributed by atoms with Crippen LogP contribution in [0.25, 0.3) is 5.57 Å². The zero-order valence-electron chi connectivity index (χ0n) is 7.66. The van der Waals surface area contributed by atoms with Gasteiger partial charge in [-0.25, -0.2) is 0 Å². The van der Waals surface area contributed by atoms with Gasteiger partial charge in [-0.05, 0) is 18.1 Å². The van der Waals surface area contributed by atoms with E-state index < -0.39 is 6.04 Å². The molecular formula is C11H13NO. The molecule has 0 aliphatic carbocycles. The molecular weight excluding hydrogens is 162 g/mol. The molecule has 0 saturated heterocycles. The summed E-state index contributed by atoms with van der Waals surface area (Å²) in [4.78, 5) is 11.0. The van der Waals surface area contributed by atoms with Crippen LogP contribution in [0.3, 0.4) is 0 Å². The molecule has 0 fully saturated rings. The SMILES string of the molecule is C=C(c1ccccc1)C(N)C(C)=O. The van der Waals surface area contributed by atoms with E-state index >= 15 is 0 Å². The summed E-state index contributed by atoms with van der Waals surface area (Å²) in [6.07, 6.45) is 0. The monoisotopic (exact) mass is 175 g/mol. The smallest absolute Gasteiger partial charge is 0.150 e. The summed E-state index contributed by atoms with van der Waals surface area (Å²) < 4.78 is 0. The highest BCUT2D eigenvalue weighted by Gasteiger charge is 2.12. The molecule has 0 radical (unpaired) electrons. The van der Waals surface area contributed by atoms with Crippen molar-refractivity contribution in [2.75, 3.05) is 0 Å². The molecule has 2 heteroatoms. The third-order valence-corrected chi connectivity index (χ3v) is 1.96. The summed E-state index contributed by atoms with van der Waals surface area (Å²) in [7, 11) is 0. The van der Waals surface area contributed by atoms with E-state index in [2.05, 4.69) is 6.58 Å². The molecule has 1 rings (SSSR count). The summed E-state index contributed by atoms with van der Waals surface area (Å²) in [5.74, 6) is -0.0612. The minimum Gasteiger partial charge on any atom is -0.318 e. The quantitative estimate of drug-likeness (QED) is 0.758. The Labute approximate surface area is 78.1 Å². The molecule has 0 aliphatic rings. The van der Waals surface area contributed by atoms with Crippen LogP contribution in [0.1, 0.15) is 12.5 Å². The standard InChI is InChI=1S/C11H13NO/c1-8(11(12)9(2)13)10-6-4-3-5-7-10/h3-7,11H,1,12H2,2H3. The van der Waals surface area contributed by atoms with Crippen molar-refractivity contribution in [2.24, 2.45) is 5.73 Å². The van der Waals surface area contributed by atoms with Crippen molar-refractivity contribution in [2.45, 2.75) is 13.0 Å². The van der Waals surface area contributed by atoms with Gasteiger partial charge in [-0.15, -0.1) is 0 Å². The van der Waals surface area contributed by atoms with Gasteiger partial charge in [0.05, 0.1) is 6.04 Å². The van der Waals surface area contributed by atoms with Crippen molar-refractivity contribution in [3.05, 3.63) is 42.5 Å². The Morgan fingerprint density at radius 2 is 1.92 bits per heavy atom. The van der Waals surface area contributed by atoms with E-state index in [-0.39, 0.29) is 5.78 Å². The van der Waals surface area contributed by atoms with E-state index in [1.54, 1.807) is 0 Å². The number of benzene rings is 1. The van der Waals surface area contributed by atoms with Crippen LogP contribution < -0.4 is 5.73 Å². The van der Waals surface area contributed by atoms with Gasteiger partial charge in [0, 0.05) is 0 Å². The lowest BCUT2D eigenvalue weighted by Gasteiger charge is -2.11. The third kappa shape index (κ3) is 2.26. The Morgan fingerprint density at radius 3 is 2.38 bits per heavy atom. The molecule has 1 aromatic carbocycles. The molecule has 2 N–H and O–H groups in total. The maximum atomic E-state index is 11.0. The van der Waals surface area contributed by atoms with Gasteiger partial charge in [0.1, 0.15) is 0 Å². The maximum Gasteiger partial charge on any atom is 0.150 e. The van der Waals surface area contributed by atoms with Gasteiger partial charge in [-0.2, -0.15) is 0 Å². The molecule has 0 bridgehead atoms. The predicted octanol–water partition coefficient (Wildman–Crippen LogP) is 1.62. The summed E-state index contributed by atoms with van der Waals surface area (Å²) in [6, 6.07) is 8.91. The number of hydrogen-bond donors (Lipinski definition) is 1. The van der Waals surface area contributed by atoms with Gasteiger partial charge >= 0.3 is 0 Å². The topological polar surface area (TPSA) is 43.1 Å². The first-order valence-corrected chi connectivity index (χ1v) is 4.13. The second kappa shape index (κ2) is 4.01. The third-order valence-electron chi connectivity index (χ3n) is 1.96. The molecule has 2 nitrogen and oxygen atoms in total. The highest BCUT2D eigenvalue weighted by atomic mass is 16.1. The number of carbonyl (C=O) groups is 1. The number of ketones is 1. The van der Waals surface area contributed by atoms with E-state index in [0.29, 0.717) is 5.57 Å². The van der Waals surface area contributed by atoms with Crippen LogP contribution in [0.15, 0.2) is 36.9 Å². The average Bonchev–Trinajstić information content (AvgIpc) is 2.17. The average molecular weight is 175 g/mol. The van der Waals surface area contributed by atoms with Crippen molar-refractivity contribution in [1.82, 2.24) is 0 Å². The molecule has 0 aliphatic heterocycles. The van der Waals surface area contributed by atoms with Gasteiger partial charge in [0.2, 0.25) is 0 Å². The van der Waals surface area contributed by atoms with Crippen molar-refractivity contribution in [1.29, 1.82) is 0 Å². The van der Waals surface area contributed by atoms with Crippen LogP contribution in [0.5, 0.6) is 0 Å². The highest BCUT2D eigenvalue weighted by molar-refractivity contribution is 5.94. The van der Waals surface area contributed by atoms with Crippen LogP contribution in [0.4, 0.5) is 0 Å². The van der Waals surface area contributed by atoms with E-state index in [9.17, 15) is 4.79 Å². The second-order valence-corrected chi connectivity index (χ2v) is 2.98. The second-order valence-electron chi connectivity index (χ2n) is 2.98. The van der Waals surface area contributed by atoms with Crippen LogP contribution in [0, 0.1) is 0 Å². The Hall–Kier alpha value is -1.41. The lowest BCUT2D eigenvalue weighted by atomic mass is 9.99. The Bertz CT molecular complexity index is 316. The van der Waals surface area contributed by atoms with Crippen LogP contribution in [-0.2, 0) is 4.79 Å². The van der Waals surface area contributed by atoms with E-state index in [0.717, 1.165) is 5.56 Å². The Kier molecular flexibility index (Phi) is 2.98.